The largest absolute Gasteiger partial charge is 0.469 e. The van der Waals surface area contributed by atoms with Gasteiger partial charge in [0.1, 0.15) is 0 Å². The maximum absolute atomic E-state index is 11.1. The van der Waals surface area contributed by atoms with E-state index in [1.54, 1.807) is 0 Å². The highest BCUT2D eigenvalue weighted by Gasteiger charge is 2.42. The Hall–Kier alpha value is -1.39. The fraction of sp³-hybridized carbons (Fsp3) is 0.708. The van der Waals surface area contributed by atoms with Gasteiger partial charge in [0.05, 0.1) is 19.8 Å². The molecule has 0 saturated heterocycles. The number of rotatable bonds is 14. The highest BCUT2D eigenvalue weighted by Crippen LogP contribution is 2.50. The second-order valence-corrected chi connectivity index (χ2v) is 8.10. The van der Waals surface area contributed by atoms with Crippen LogP contribution in [-0.2, 0) is 14.3 Å². The monoisotopic (exact) mass is 390 g/mol. The zero-order valence-corrected chi connectivity index (χ0v) is 17.6. The lowest BCUT2D eigenvalue weighted by Gasteiger charge is -2.25. The molecule has 0 spiro atoms. The molecule has 0 amide bonds. The smallest absolute Gasteiger partial charge is 0.305 e. The Morgan fingerprint density at radius 2 is 2.04 bits per heavy atom. The van der Waals surface area contributed by atoms with Crippen molar-refractivity contribution in [1.82, 2.24) is 0 Å². The van der Waals surface area contributed by atoms with Crippen LogP contribution in [0.15, 0.2) is 36.5 Å². The van der Waals surface area contributed by atoms with E-state index < -0.39 is 6.10 Å². The van der Waals surface area contributed by atoms with Crippen molar-refractivity contribution in [3.8, 4) is 0 Å². The molecular weight excluding hydrogens is 352 g/mol. The number of carbonyl (C=O) groups is 1. The lowest BCUT2D eigenvalue weighted by molar-refractivity contribution is -0.140. The number of ether oxygens (including phenoxy) is 2. The van der Waals surface area contributed by atoms with Gasteiger partial charge < -0.3 is 14.6 Å². The van der Waals surface area contributed by atoms with Crippen molar-refractivity contribution in [1.29, 1.82) is 0 Å². The summed E-state index contributed by atoms with van der Waals surface area (Å²) in [5, 5.41) is 10.2. The first-order chi connectivity index (χ1) is 13.7. The van der Waals surface area contributed by atoms with Crippen LogP contribution in [0, 0.1) is 23.7 Å². The Kier molecular flexibility index (Phi) is 10.6. The molecular formula is C24H38O4. The minimum absolute atomic E-state index is 0.134. The Bertz CT molecular complexity index is 537. The molecule has 4 heteroatoms. The second-order valence-electron chi connectivity index (χ2n) is 8.10. The fourth-order valence-corrected chi connectivity index (χ4v) is 4.39. The molecule has 1 saturated carbocycles. The van der Waals surface area contributed by atoms with Gasteiger partial charge in [-0.15, -0.1) is 0 Å². The highest BCUT2D eigenvalue weighted by atomic mass is 16.5. The molecule has 0 heterocycles. The maximum atomic E-state index is 11.1. The van der Waals surface area contributed by atoms with E-state index in [2.05, 4.69) is 42.0 Å². The molecule has 0 radical (unpaired) electrons. The predicted molar refractivity (Wildman–Crippen MR) is 113 cm³/mol. The van der Waals surface area contributed by atoms with Crippen LogP contribution >= 0.6 is 0 Å². The minimum atomic E-state index is -0.515. The third-order valence-corrected chi connectivity index (χ3v) is 5.98. The summed E-state index contributed by atoms with van der Waals surface area (Å²) in [6.45, 7) is 3.30. The molecule has 2 aliphatic rings. The van der Waals surface area contributed by atoms with Crippen molar-refractivity contribution in [3.05, 3.63) is 36.5 Å². The normalized spacial score (nSPS) is 27.2. The van der Waals surface area contributed by atoms with Crippen molar-refractivity contribution in [3.63, 3.8) is 0 Å². The number of methoxy groups -OCH3 is 1. The summed E-state index contributed by atoms with van der Waals surface area (Å²) in [7, 11) is 1.43. The summed E-state index contributed by atoms with van der Waals surface area (Å²) < 4.78 is 10.2. The lowest BCUT2D eigenvalue weighted by Crippen LogP contribution is -2.19. The molecule has 2 rings (SSSR count). The van der Waals surface area contributed by atoms with Gasteiger partial charge in [0.25, 0.3) is 0 Å². The average Bonchev–Trinajstić information content (AvgIpc) is 3.30. The predicted octanol–water partition coefficient (Wildman–Crippen LogP) is 4.84. The molecule has 4 nitrogen and oxygen atoms in total. The molecule has 3 unspecified atom stereocenters. The fourth-order valence-electron chi connectivity index (χ4n) is 4.39. The molecule has 1 N–H and O–H groups in total. The number of hydrogen-bond donors (Lipinski definition) is 1. The Balaban J connectivity index is 1.72. The van der Waals surface area contributed by atoms with E-state index in [9.17, 15) is 9.90 Å². The minimum Gasteiger partial charge on any atom is -0.469 e. The van der Waals surface area contributed by atoms with Crippen LogP contribution in [0.3, 0.4) is 0 Å². The first kappa shape index (κ1) is 22.9. The number of allylic oxidation sites excluding steroid dienone is 5. The van der Waals surface area contributed by atoms with Gasteiger partial charge in [0, 0.05) is 13.0 Å². The Morgan fingerprint density at radius 3 is 2.82 bits per heavy atom. The van der Waals surface area contributed by atoms with Crippen LogP contribution in [0.4, 0.5) is 0 Å². The number of esters is 1. The van der Waals surface area contributed by atoms with Crippen LogP contribution < -0.4 is 0 Å². The number of aliphatic hydroxyl groups is 1. The van der Waals surface area contributed by atoms with Crippen LogP contribution in [0.5, 0.6) is 0 Å². The number of carbonyl (C=O) groups excluding carboxylic acids is 1. The zero-order valence-electron chi connectivity index (χ0n) is 17.6. The van der Waals surface area contributed by atoms with Gasteiger partial charge in [-0.2, -0.15) is 0 Å². The number of fused-ring (bicyclic) bond motifs is 2. The highest BCUT2D eigenvalue weighted by molar-refractivity contribution is 5.69. The van der Waals surface area contributed by atoms with Gasteiger partial charge in [0.15, 0.2) is 0 Å². The first-order valence-corrected chi connectivity index (χ1v) is 11.0. The van der Waals surface area contributed by atoms with E-state index in [0.29, 0.717) is 36.7 Å². The molecule has 2 bridgehead atoms. The van der Waals surface area contributed by atoms with E-state index in [0.717, 1.165) is 32.3 Å². The molecule has 28 heavy (non-hydrogen) atoms. The average molecular weight is 391 g/mol. The number of unbranched alkanes of at least 4 members (excludes halogenated alkanes) is 3. The summed E-state index contributed by atoms with van der Waals surface area (Å²) in [6.07, 6.45) is 20.8. The SMILES string of the molecule is CCCCCOCC(O)C=CC1C(C/C=C\CCCC(=O)OC)[C@H]2C=C[C@H]1C2. The van der Waals surface area contributed by atoms with Crippen LogP contribution in [0.2, 0.25) is 0 Å². The van der Waals surface area contributed by atoms with E-state index in [1.165, 1.54) is 26.4 Å². The summed E-state index contributed by atoms with van der Waals surface area (Å²) in [4.78, 5) is 11.1. The lowest BCUT2D eigenvalue weighted by atomic mass is 9.80. The maximum Gasteiger partial charge on any atom is 0.305 e. The zero-order chi connectivity index (χ0) is 20.2. The second kappa shape index (κ2) is 12.9. The van der Waals surface area contributed by atoms with E-state index in [4.69, 9.17) is 4.74 Å². The quantitative estimate of drug-likeness (QED) is 0.262. The molecule has 5 atom stereocenters. The van der Waals surface area contributed by atoms with Crippen LogP contribution in [0.25, 0.3) is 0 Å². The third-order valence-electron chi connectivity index (χ3n) is 5.98. The van der Waals surface area contributed by atoms with Crippen molar-refractivity contribution >= 4 is 5.97 Å². The Morgan fingerprint density at radius 1 is 1.21 bits per heavy atom. The van der Waals surface area contributed by atoms with Gasteiger partial charge in [-0.3, -0.25) is 4.79 Å². The Labute approximate surface area is 170 Å². The van der Waals surface area contributed by atoms with Crippen molar-refractivity contribution in [2.45, 2.75) is 64.4 Å². The van der Waals surface area contributed by atoms with Gasteiger partial charge in [0.2, 0.25) is 0 Å². The van der Waals surface area contributed by atoms with Gasteiger partial charge >= 0.3 is 5.97 Å². The van der Waals surface area contributed by atoms with Gasteiger partial charge in [-0.25, -0.2) is 0 Å². The number of aliphatic hydroxyl groups excluding tert-OH is 1. The molecule has 0 aromatic carbocycles. The first-order valence-electron chi connectivity index (χ1n) is 11.0. The summed E-state index contributed by atoms with van der Waals surface area (Å²) in [5.41, 5.74) is 0. The topological polar surface area (TPSA) is 55.8 Å². The molecule has 0 aliphatic heterocycles. The standard InChI is InChI=1S/C24H38O4/c1-3-4-9-16-28-18-21(25)14-15-23-20-13-12-19(17-20)22(23)10-7-5-6-8-11-24(26)27-2/h5,7,12-15,19-23,25H,3-4,6,8-11,16-18H2,1-2H3/b7-5-,15-14?/t19-,20-,21?,22?,23?/m0/s1. The van der Waals surface area contributed by atoms with Crippen molar-refractivity contribution in [2.24, 2.45) is 23.7 Å². The van der Waals surface area contributed by atoms with E-state index in [-0.39, 0.29) is 5.97 Å². The van der Waals surface area contributed by atoms with Gasteiger partial charge in [-0.1, -0.05) is 56.2 Å². The summed E-state index contributed by atoms with van der Waals surface area (Å²) in [5.74, 6) is 2.24. The molecule has 0 aromatic heterocycles. The van der Waals surface area contributed by atoms with Crippen molar-refractivity contribution in [2.75, 3.05) is 20.3 Å². The molecule has 158 valence electrons. The molecule has 0 aromatic rings. The summed E-state index contributed by atoms with van der Waals surface area (Å²) >= 11 is 0. The summed E-state index contributed by atoms with van der Waals surface area (Å²) in [6, 6.07) is 0. The van der Waals surface area contributed by atoms with Crippen LogP contribution in [-0.4, -0.2) is 37.5 Å². The van der Waals surface area contributed by atoms with E-state index in [1.807, 2.05) is 6.08 Å². The molecule has 2 aliphatic carbocycles. The molecule has 1 fully saturated rings. The van der Waals surface area contributed by atoms with E-state index >= 15 is 0 Å². The van der Waals surface area contributed by atoms with Crippen LogP contribution in [0.1, 0.15) is 58.3 Å². The number of hydrogen-bond acceptors (Lipinski definition) is 4. The van der Waals surface area contributed by atoms with Crippen molar-refractivity contribution < 1.29 is 19.4 Å². The third kappa shape index (κ3) is 7.56. The van der Waals surface area contributed by atoms with Gasteiger partial charge in [-0.05, 0) is 55.8 Å².